The van der Waals surface area contributed by atoms with Crippen molar-refractivity contribution in [2.24, 2.45) is 0 Å². The molecule has 3 aromatic rings. The number of piperidine rings is 1. The average Bonchev–Trinajstić information content (AvgIpc) is 2.90. The molecule has 1 amide bonds. The lowest BCUT2D eigenvalue weighted by Gasteiger charge is -2.26. The molecule has 7 nitrogen and oxygen atoms in total. The Balaban J connectivity index is 1.63. The lowest BCUT2D eigenvalue weighted by Crippen LogP contribution is -2.35. The van der Waals surface area contributed by atoms with E-state index in [2.05, 4.69) is 5.32 Å². The number of carbonyl (C=O) groups excluding carboxylic acids is 1. The quantitative estimate of drug-likeness (QED) is 0.428. The highest BCUT2D eigenvalue weighted by Gasteiger charge is 2.28. The molecule has 1 heterocycles. The van der Waals surface area contributed by atoms with Gasteiger partial charge >= 0.3 is 0 Å². The third-order valence-corrected chi connectivity index (χ3v) is 7.71. The fraction of sp³-hybridized carbons (Fsp3) is 0.296. The van der Waals surface area contributed by atoms with E-state index in [1.54, 1.807) is 30.3 Å². The van der Waals surface area contributed by atoms with Crippen LogP contribution in [0, 0.1) is 0 Å². The van der Waals surface area contributed by atoms with Crippen LogP contribution >= 0.6 is 0 Å². The summed E-state index contributed by atoms with van der Waals surface area (Å²) < 4.78 is 39.9. The Kier molecular flexibility index (Phi) is 8.05. The van der Waals surface area contributed by atoms with Crippen molar-refractivity contribution in [3.05, 3.63) is 78.9 Å². The highest BCUT2D eigenvalue weighted by molar-refractivity contribution is 7.89. The van der Waals surface area contributed by atoms with Crippen LogP contribution in [0.1, 0.15) is 32.6 Å². The van der Waals surface area contributed by atoms with Crippen molar-refractivity contribution in [3.8, 4) is 17.2 Å². The van der Waals surface area contributed by atoms with Crippen molar-refractivity contribution < 1.29 is 22.7 Å². The highest BCUT2D eigenvalue weighted by atomic mass is 32.2. The zero-order valence-corrected chi connectivity index (χ0v) is 20.5. The van der Waals surface area contributed by atoms with Gasteiger partial charge in [0.25, 0.3) is 5.91 Å². The fourth-order valence-electron chi connectivity index (χ4n) is 3.92. The van der Waals surface area contributed by atoms with Crippen LogP contribution in [0.2, 0.25) is 0 Å². The standard InChI is InChI=1S/C27H30N2O5S/c1-2-25(33-21-12-6-3-7-13-21)27(30)28-24-20-23(35(31,32)29-18-10-5-11-19-29)16-17-26(24)34-22-14-8-4-9-15-22/h3-4,6-9,12-17,20,25H,2,5,10-11,18-19H2,1H3,(H,28,30). The highest BCUT2D eigenvalue weighted by Crippen LogP contribution is 2.33. The van der Waals surface area contributed by atoms with E-state index in [-0.39, 0.29) is 16.5 Å². The third-order valence-electron chi connectivity index (χ3n) is 5.82. The SMILES string of the molecule is CCC(Oc1ccccc1)C(=O)Nc1cc(S(=O)(=O)N2CCCCC2)ccc1Oc1ccccc1. The van der Waals surface area contributed by atoms with Gasteiger partial charge in [-0.25, -0.2) is 8.42 Å². The monoisotopic (exact) mass is 494 g/mol. The van der Waals surface area contributed by atoms with Crippen LogP contribution in [-0.2, 0) is 14.8 Å². The summed E-state index contributed by atoms with van der Waals surface area (Å²) in [6.45, 7) is 2.84. The van der Waals surface area contributed by atoms with Crippen LogP contribution in [0.15, 0.2) is 83.8 Å². The number of ether oxygens (including phenoxy) is 2. The van der Waals surface area contributed by atoms with E-state index < -0.39 is 16.1 Å². The number of hydrogen-bond acceptors (Lipinski definition) is 5. The summed E-state index contributed by atoms with van der Waals surface area (Å²) in [6.07, 6.45) is 2.38. The Morgan fingerprint density at radius 1 is 0.914 bits per heavy atom. The van der Waals surface area contributed by atoms with E-state index in [4.69, 9.17) is 9.47 Å². The second-order valence-electron chi connectivity index (χ2n) is 8.35. The third kappa shape index (κ3) is 6.21. The number of hydrogen-bond donors (Lipinski definition) is 1. The van der Waals surface area contributed by atoms with Crippen LogP contribution in [0.3, 0.4) is 0 Å². The summed E-state index contributed by atoms with van der Waals surface area (Å²) in [4.78, 5) is 13.3. The van der Waals surface area contributed by atoms with Gasteiger partial charge in [0.15, 0.2) is 11.9 Å². The van der Waals surface area contributed by atoms with Gasteiger partial charge in [-0.15, -0.1) is 0 Å². The topological polar surface area (TPSA) is 84.9 Å². The van der Waals surface area contributed by atoms with Gasteiger partial charge in [-0.1, -0.05) is 49.7 Å². The maximum absolute atomic E-state index is 13.3. The molecule has 1 aliphatic rings. The van der Waals surface area contributed by atoms with Gasteiger partial charge in [-0.3, -0.25) is 4.79 Å². The van der Waals surface area contributed by atoms with Crippen molar-refractivity contribution in [2.75, 3.05) is 18.4 Å². The summed E-state index contributed by atoms with van der Waals surface area (Å²) in [5, 5.41) is 2.85. The zero-order chi connectivity index (χ0) is 24.7. The Morgan fingerprint density at radius 3 is 2.17 bits per heavy atom. The van der Waals surface area contributed by atoms with Gasteiger partial charge in [0, 0.05) is 13.1 Å². The first-order valence-electron chi connectivity index (χ1n) is 11.9. The van der Waals surface area contributed by atoms with Crippen LogP contribution in [0.4, 0.5) is 5.69 Å². The summed E-state index contributed by atoms with van der Waals surface area (Å²) in [7, 11) is -3.69. The maximum Gasteiger partial charge on any atom is 0.265 e. The Bertz CT molecular complexity index is 1230. The van der Waals surface area contributed by atoms with Gasteiger partial charge in [0.2, 0.25) is 10.0 Å². The Hall–Kier alpha value is -3.36. The first kappa shape index (κ1) is 24.8. The number of benzene rings is 3. The van der Waals surface area contributed by atoms with Crippen LogP contribution in [-0.4, -0.2) is 37.8 Å². The minimum atomic E-state index is -3.69. The number of amides is 1. The molecule has 1 saturated heterocycles. The molecule has 1 atom stereocenters. The van der Waals surface area contributed by atoms with Crippen LogP contribution < -0.4 is 14.8 Å². The van der Waals surface area contributed by atoms with Gasteiger partial charge in [-0.05, 0) is 61.7 Å². The molecule has 3 aromatic carbocycles. The largest absolute Gasteiger partial charge is 0.481 e. The predicted octanol–water partition coefficient (Wildman–Crippen LogP) is 5.45. The van der Waals surface area contributed by atoms with E-state index in [9.17, 15) is 13.2 Å². The van der Waals surface area contributed by atoms with Gasteiger partial charge in [0.1, 0.15) is 11.5 Å². The molecule has 0 aliphatic carbocycles. The number of nitrogens with zero attached hydrogens (tertiary/aromatic N) is 1. The lowest BCUT2D eigenvalue weighted by atomic mass is 10.2. The van der Waals surface area contributed by atoms with Crippen molar-refractivity contribution in [1.82, 2.24) is 4.31 Å². The smallest absolute Gasteiger partial charge is 0.265 e. The van der Waals surface area contributed by atoms with Gasteiger partial charge < -0.3 is 14.8 Å². The number of carbonyl (C=O) groups is 1. The summed E-state index contributed by atoms with van der Waals surface area (Å²) in [5.41, 5.74) is 0.270. The summed E-state index contributed by atoms with van der Waals surface area (Å²) >= 11 is 0. The Morgan fingerprint density at radius 2 is 1.54 bits per heavy atom. The van der Waals surface area contributed by atoms with E-state index >= 15 is 0 Å². The predicted molar refractivity (Wildman–Crippen MR) is 135 cm³/mol. The van der Waals surface area contributed by atoms with Gasteiger partial charge in [-0.2, -0.15) is 4.31 Å². The number of sulfonamides is 1. The molecule has 4 rings (SSSR count). The Labute approximate surface area is 206 Å². The van der Waals surface area contributed by atoms with Crippen molar-refractivity contribution >= 4 is 21.6 Å². The summed E-state index contributed by atoms with van der Waals surface area (Å²) in [6, 6.07) is 22.8. The molecule has 1 N–H and O–H groups in total. The van der Waals surface area contributed by atoms with Crippen molar-refractivity contribution in [1.29, 1.82) is 0 Å². The minimum Gasteiger partial charge on any atom is -0.481 e. The number of nitrogens with one attached hydrogen (secondary N) is 1. The lowest BCUT2D eigenvalue weighted by molar-refractivity contribution is -0.122. The molecule has 0 saturated carbocycles. The van der Waals surface area contributed by atoms with Crippen molar-refractivity contribution in [2.45, 2.75) is 43.6 Å². The number of para-hydroxylation sites is 2. The molecular weight excluding hydrogens is 464 g/mol. The number of anilines is 1. The molecule has 0 aromatic heterocycles. The first-order valence-corrected chi connectivity index (χ1v) is 13.3. The second-order valence-corrected chi connectivity index (χ2v) is 10.3. The van der Waals surface area contributed by atoms with E-state index in [0.29, 0.717) is 36.8 Å². The molecule has 0 bridgehead atoms. The molecule has 0 spiro atoms. The maximum atomic E-state index is 13.3. The minimum absolute atomic E-state index is 0.118. The molecule has 0 radical (unpaired) electrons. The molecule has 1 unspecified atom stereocenters. The van der Waals surface area contributed by atoms with E-state index in [1.165, 1.54) is 16.4 Å². The zero-order valence-electron chi connectivity index (χ0n) is 19.7. The second kappa shape index (κ2) is 11.4. The average molecular weight is 495 g/mol. The number of rotatable bonds is 9. The summed E-state index contributed by atoms with van der Waals surface area (Å²) in [5.74, 6) is 1.11. The molecule has 184 valence electrons. The molecule has 1 fully saturated rings. The fourth-order valence-corrected chi connectivity index (χ4v) is 5.47. The van der Waals surface area contributed by atoms with Crippen molar-refractivity contribution in [3.63, 3.8) is 0 Å². The molecule has 8 heteroatoms. The molecule has 35 heavy (non-hydrogen) atoms. The normalized spacial score (nSPS) is 15.2. The van der Waals surface area contributed by atoms with Crippen LogP contribution in [0.5, 0.6) is 17.2 Å². The molecule has 1 aliphatic heterocycles. The van der Waals surface area contributed by atoms with Crippen LogP contribution in [0.25, 0.3) is 0 Å². The first-order chi connectivity index (χ1) is 17.0. The van der Waals surface area contributed by atoms with E-state index in [1.807, 2.05) is 43.3 Å². The van der Waals surface area contributed by atoms with E-state index in [0.717, 1.165) is 19.3 Å². The molecular formula is C27H30N2O5S. The van der Waals surface area contributed by atoms with Gasteiger partial charge in [0.05, 0.1) is 10.6 Å².